The Bertz CT molecular complexity index is 1140. The summed E-state index contributed by atoms with van der Waals surface area (Å²) in [5, 5.41) is 6.98. The van der Waals surface area contributed by atoms with E-state index < -0.39 is 18.0 Å². The van der Waals surface area contributed by atoms with Crippen LogP contribution in [0.2, 0.25) is 0 Å². The van der Waals surface area contributed by atoms with Crippen LogP contribution in [0.4, 0.5) is 18.9 Å². The average Bonchev–Trinajstić information content (AvgIpc) is 2.93. The molecule has 5 rings (SSSR count). The van der Waals surface area contributed by atoms with Gasteiger partial charge in [0.1, 0.15) is 5.75 Å². The number of carbonyl (C=O) groups is 1. The Kier molecular flexibility index (Phi) is 7.79. The van der Waals surface area contributed by atoms with E-state index in [-0.39, 0.29) is 10.8 Å². The summed E-state index contributed by atoms with van der Waals surface area (Å²) in [4.78, 5) is 12.7. The molecule has 1 amide bonds. The lowest BCUT2D eigenvalue weighted by Crippen LogP contribution is -2.32. The minimum atomic E-state index is -4.81. The van der Waals surface area contributed by atoms with Crippen molar-refractivity contribution < 1.29 is 22.7 Å². The molecular formula is C27H29F3N2O2S. The highest BCUT2D eigenvalue weighted by Gasteiger charge is 2.31. The van der Waals surface area contributed by atoms with Crippen LogP contribution >= 0.6 is 11.8 Å². The van der Waals surface area contributed by atoms with Gasteiger partial charge in [-0.2, -0.15) is 0 Å². The molecule has 186 valence electrons. The number of rotatable bonds is 6. The van der Waals surface area contributed by atoms with Crippen molar-refractivity contribution in [2.45, 2.75) is 56.4 Å². The third-order valence-corrected chi connectivity index (χ3v) is 7.65. The largest absolute Gasteiger partial charge is 0.573 e. The smallest absolute Gasteiger partial charge is 0.406 e. The maximum absolute atomic E-state index is 12.7. The first kappa shape index (κ1) is 25.2. The number of thioether (sulfide) groups is 1. The lowest BCUT2D eigenvalue weighted by Gasteiger charge is -2.32. The Morgan fingerprint density at radius 2 is 2.00 bits per heavy atom. The molecule has 1 aliphatic carbocycles. The minimum Gasteiger partial charge on any atom is -0.406 e. The number of carbonyl (C=O) groups excluding carboxylic acids is 1. The number of hydrogen-bond donors (Lipinski definition) is 2. The molecule has 2 bridgehead atoms. The number of fused-ring (bicyclic) bond motifs is 6. The molecule has 0 saturated carbocycles. The molecule has 1 fully saturated rings. The normalized spacial score (nSPS) is 22.7. The molecule has 4 nitrogen and oxygen atoms in total. The van der Waals surface area contributed by atoms with E-state index in [1.165, 1.54) is 35.4 Å². The van der Waals surface area contributed by atoms with Gasteiger partial charge >= 0.3 is 6.36 Å². The van der Waals surface area contributed by atoms with Crippen LogP contribution in [0.25, 0.3) is 0 Å². The van der Waals surface area contributed by atoms with Crippen molar-refractivity contribution in [3.8, 4) is 5.75 Å². The fraction of sp³-hybridized carbons (Fsp3) is 0.370. The maximum atomic E-state index is 12.7. The maximum Gasteiger partial charge on any atom is 0.573 e. The van der Waals surface area contributed by atoms with Crippen LogP contribution in [0, 0.1) is 0 Å². The van der Waals surface area contributed by atoms with Crippen LogP contribution in [0.3, 0.4) is 0 Å². The first-order valence-corrected chi connectivity index (χ1v) is 12.7. The molecule has 2 aromatic carbocycles. The average molecular weight is 503 g/mol. The van der Waals surface area contributed by atoms with E-state index in [1.54, 1.807) is 6.07 Å². The summed E-state index contributed by atoms with van der Waals surface area (Å²) in [6, 6.07) is 12.7. The van der Waals surface area contributed by atoms with Gasteiger partial charge in [0.15, 0.2) is 0 Å². The zero-order valence-corrected chi connectivity index (χ0v) is 20.6. The zero-order chi connectivity index (χ0) is 25.0. The Morgan fingerprint density at radius 3 is 2.80 bits per heavy atom. The topological polar surface area (TPSA) is 50.4 Å². The summed E-state index contributed by atoms with van der Waals surface area (Å²) in [5.41, 5.74) is 6.00. The lowest BCUT2D eigenvalue weighted by atomic mass is 10.0. The quantitative estimate of drug-likeness (QED) is 0.405. The molecule has 2 aromatic rings. The van der Waals surface area contributed by atoms with Gasteiger partial charge in [-0.3, -0.25) is 4.79 Å². The number of alkyl halides is 3. The van der Waals surface area contributed by atoms with Crippen molar-refractivity contribution in [2.75, 3.05) is 11.9 Å². The Labute approximate surface area is 208 Å². The summed E-state index contributed by atoms with van der Waals surface area (Å²) in [6.07, 6.45) is 2.02. The van der Waals surface area contributed by atoms with E-state index >= 15 is 0 Å². The van der Waals surface area contributed by atoms with Crippen molar-refractivity contribution in [3.05, 3.63) is 82.6 Å². The number of ether oxygens (including phenoxy) is 1. The molecule has 1 saturated heterocycles. The molecule has 2 N–H and O–H groups in total. The fourth-order valence-electron chi connectivity index (χ4n) is 4.47. The van der Waals surface area contributed by atoms with Gasteiger partial charge in [-0.1, -0.05) is 35.4 Å². The Hall–Kier alpha value is -2.87. The second-order valence-electron chi connectivity index (χ2n) is 8.93. The van der Waals surface area contributed by atoms with Crippen molar-refractivity contribution in [3.63, 3.8) is 0 Å². The predicted molar refractivity (Wildman–Crippen MR) is 135 cm³/mol. The van der Waals surface area contributed by atoms with Gasteiger partial charge < -0.3 is 15.4 Å². The first-order chi connectivity index (χ1) is 16.7. The third-order valence-electron chi connectivity index (χ3n) is 6.24. The van der Waals surface area contributed by atoms with Crippen LogP contribution in [0.5, 0.6) is 5.75 Å². The molecule has 1 unspecified atom stereocenters. The summed E-state index contributed by atoms with van der Waals surface area (Å²) in [7, 11) is 0. The van der Waals surface area contributed by atoms with Gasteiger partial charge in [0.2, 0.25) is 0 Å². The summed E-state index contributed by atoms with van der Waals surface area (Å²) in [6.45, 7) is 5.31. The van der Waals surface area contributed by atoms with E-state index in [0.717, 1.165) is 43.5 Å². The second-order valence-corrected chi connectivity index (χ2v) is 10.5. The summed E-state index contributed by atoms with van der Waals surface area (Å²) < 4.78 is 41.4. The van der Waals surface area contributed by atoms with E-state index in [2.05, 4.69) is 35.3 Å². The molecule has 3 aliphatic rings. The molecule has 0 spiro atoms. The van der Waals surface area contributed by atoms with Crippen LogP contribution in [-0.4, -0.2) is 24.1 Å². The van der Waals surface area contributed by atoms with Gasteiger partial charge in [0, 0.05) is 34.0 Å². The van der Waals surface area contributed by atoms with Crippen molar-refractivity contribution in [1.29, 1.82) is 0 Å². The Morgan fingerprint density at radius 1 is 1.20 bits per heavy atom. The highest BCUT2D eigenvalue weighted by Crippen LogP contribution is 2.41. The standard InChI is InChI=1S/C27H29F3N2O2S/c1-17-7-3-4-8-19-13-24(25(17)31-16-19)35-18(2)20-9-5-11-22(14-20)32-26(33)21-10-6-12-23(15-21)34-27(28,29)30/h5-6,8-12,14-15,18,24,31H,3-4,7,13,16H2,1-2H3,(H,32,33)/b19-8-,25-17-/t18-,24?/m0/s1. The zero-order valence-electron chi connectivity index (χ0n) is 19.7. The SMILES string of the molecule is C/C1=C2/NC/C(=C\CCC1)CC2S[C@@H](C)c1cccc(NC(=O)c2cccc(OC(F)(F)F)c2)c1. The van der Waals surface area contributed by atoms with Gasteiger partial charge in [-0.15, -0.1) is 24.9 Å². The molecule has 2 heterocycles. The number of benzene rings is 2. The van der Waals surface area contributed by atoms with E-state index in [1.807, 2.05) is 30.0 Å². The number of anilines is 1. The van der Waals surface area contributed by atoms with E-state index in [0.29, 0.717) is 10.9 Å². The fourth-order valence-corrected chi connectivity index (χ4v) is 6.00. The number of amides is 1. The number of allylic oxidation sites excluding steroid dienone is 2. The molecule has 2 aliphatic heterocycles. The van der Waals surface area contributed by atoms with Gasteiger partial charge in [0.05, 0.1) is 0 Å². The van der Waals surface area contributed by atoms with Gasteiger partial charge in [-0.25, -0.2) is 0 Å². The molecule has 35 heavy (non-hydrogen) atoms. The van der Waals surface area contributed by atoms with Gasteiger partial charge in [0.25, 0.3) is 5.91 Å². The number of hydrogen-bond acceptors (Lipinski definition) is 4. The van der Waals surface area contributed by atoms with Crippen molar-refractivity contribution >= 4 is 23.4 Å². The molecular weight excluding hydrogens is 473 g/mol. The minimum absolute atomic E-state index is 0.0861. The highest BCUT2D eigenvalue weighted by atomic mass is 32.2. The van der Waals surface area contributed by atoms with Crippen molar-refractivity contribution in [1.82, 2.24) is 5.32 Å². The summed E-state index contributed by atoms with van der Waals surface area (Å²) >= 11 is 1.91. The van der Waals surface area contributed by atoms with E-state index in [4.69, 9.17) is 0 Å². The van der Waals surface area contributed by atoms with E-state index in [9.17, 15) is 18.0 Å². The van der Waals surface area contributed by atoms with Gasteiger partial charge in [-0.05, 0) is 75.4 Å². The highest BCUT2D eigenvalue weighted by molar-refractivity contribution is 8.00. The number of piperidine rings is 1. The predicted octanol–water partition coefficient (Wildman–Crippen LogP) is 7.38. The molecule has 2 atom stereocenters. The van der Waals surface area contributed by atoms with Crippen LogP contribution in [-0.2, 0) is 0 Å². The molecule has 0 radical (unpaired) electrons. The Balaban J connectivity index is 1.45. The molecule has 0 aromatic heterocycles. The number of nitrogens with one attached hydrogen (secondary N) is 2. The van der Waals surface area contributed by atoms with Crippen LogP contribution in [0.1, 0.15) is 60.7 Å². The van der Waals surface area contributed by atoms with Crippen LogP contribution in [0.15, 0.2) is 71.5 Å². The second kappa shape index (κ2) is 10.8. The number of halogens is 3. The lowest BCUT2D eigenvalue weighted by molar-refractivity contribution is -0.274. The monoisotopic (exact) mass is 502 g/mol. The first-order valence-electron chi connectivity index (χ1n) is 11.7. The van der Waals surface area contributed by atoms with Crippen LogP contribution < -0.4 is 15.4 Å². The third kappa shape index (κ3) is 6.84. The van der Waals surface area contributed by atoms with Crippen molar-refractivity contribution in [2.24, 2.45) is 0 Å². The summed E-state index contributed by atoms with van der Waals surface area (Å²) in [5.74, 6) is -0.929. The molecule has 8 heteroatoms.